The number of amides is 1. The zero-order valence-corrected chi connectivity index (χ0v) is 10.9. The Balaban J connectivity index is 2.75. The van der Waals surface area contributed by atoms with Gasteiger partial charge in [-0.1, -0.05) is 6.08 Å². The molecule has 18 heavy (non-hydrogen) atoms. The highest BCUT2D eigenvalue weighted by molar-refractivity contribution is 8.01. The van der Waals surface area contributed by atoms with Crippen molar-refractivity contribution in [1.82, 2.24) is 4.98 Å². The van der Waals surface area contributed by atoms with Gasteiger partial charge >= 0.3 is 0 Å². The first-order valence-electron chi connectivity index (χ1n) is 4.97. The summed E-state index contributed by atoms with van der Waals surface area (Å²) in [5.41, 5.74) is 5.39. The Kier molecular flexibility index (Phi) is 3.44. The van der Waals surface area contributed by atoms with Crippen LogP contribution in [0.3, 0.4) is 0 Å². The zero-order valence-electron chi connectivity index (χ0n) is 9.23. The fourth-order valence-corrected chi connectivity index (χ4v) is 3.73. The fraction of sp³-hybridized carbons (Fsp3) is 0.0909. The summed E-state index contributed by atoms with van der Waals surface area (Å²) >= 11 is 2.60. The number of carbonyl (C=O) groups is 1. The van der Waals surface area contributed by atoms with Gasteiger partial charge in [0.05, 0.1) is 20.0 Å². The smallest absolute Gasteiger partial charge is 0.252 e. The molecule has 0 unspecified atom stereocenters. The van der Waals surface area contributed by atoms with Crippen LogP contribution in [-0.4, -0.2) is 21.8 Å². The second-order valence-electron chi connectivity index (χ2n) is 3.45. The number of primary amides is 1. The summed E-state index contributed by atoms with van der Waals surface area (Å²) in [4.78, 5) is 25.3. The number of carbonyl (C=O) groups excluding carboxylic acids is 1. The predicted molar refractivity (Wildman–Crippen MR) is 73.5 cm³/mol. The van der Waals surface area contributed by atoms with Gasteiger partial charge in [0, 0.05) is 11.8 Å². The molecule has 1 amide bonds. The molecule has 2 heterocycles. The summed E-state index contributed by atoms with van der Waals surface area (Å²) in [6.45, 7) is 3.60. The first kappa shape index (κ1) is 12.7. The number of thioether (sulfide) groups is 1. The van der Waals surface area contributed by atoms with Crippen LogP contribution in [0, 0.1) is 0 Å². The van der Waals surface area contributed by atoms with Crippen molar-refractivity contribution in [3.8, 4) is 5.75 Å². The molecule has 0 bridgehead atoms. The highest BCUT2D eigenvalue weighted by atomic mass is 32.2. The zero-order chi connectivity index (χ0) is 13.3. The van der Waals surface area contributed by atoms with Crippen LogP contribution in [0.25, 0.3) is 10.2 Å². The van der Waals surface area contributed by atoms with Crippen LogP contribution in [0.5, 0.6) is 5.75 Å². The molecule has 0 saturated heterocycles. The van der Waals surface area contributed by atoms with Crippen molar-refractivity contribution in [3.05, 3.63) is 34.6 Å². The van der Waals surface area contributed by atoms with Crippen molar-refractivity contribution < 1.29 is 9.90 Å². The summed E-state index contributed by atoms with van der Waals surface area (Å²) in [5.74, 6) is -0.168. The molecule has 0 aliphatic carbocycles. The minimum absolute atomic E-state index is 0.147. The number of hydrogen-bond donors (Lipinski definition) is 3. The van der Waals surface area contributed by atoms with E-state index in [-0.39, 0.29) is 11.3 Å². The maximum atomic E-state index is 11.5. The molecule has 4 N–H and O–H groups in total. The number of rotatable bonds is 4. The van der Waals surface area contributed by atoms with Gasteiger partial charge in [0.15, 0.2) is 0 Å². The molecule has 5 nitrogen and oxygen atoms in total. The van der Waals surface area contributed by atoms with Crippen LogP contribution < -0.4 is 11.3 Å². The van der Waals surface area contributed by atoms with Crippen molar-refractivity contribution in [2.45, 2.75) is 4.21 Å². The summed E-state index contributed by atoms with van der Waals surface area (Å²) in [6, 6.07) is 1.07. The Morgan fingerprint density at radius 2 is 2.39 bits per heavy atom. The van der Waals surface area contributed by atoms with Gasteiger partial charge in [0.25, 0.3) is 11.5 Å². The molecule has 0 fully saturated rings. The van der Waals surface area contributed by atoms with Crippen molar-refractivity contribution in [2.24, 2.45) is 5.73 Å². The molecule has 0 aliphatic rings. The third kappa shape index (κ3) is 2.14. The average Bonchev–Trinajstić information content (AvgIpc) is 2.64. The number of fused-ring (bicyclic) bond motifs is 1. The standard InChI is InChI=1S/C11H10N2O3S2/c1-2-3-17-11-7(10(12)16)8-9(18-11)5(14)4-6(15)13-8/h2,4H,1,3H2,(H2,12,16)(H2,13,14,15). The molecule has 0 saturated carbocycles. The maximum absolute atomic E-state index is 11.5. The Labute approximate surface area is 110 Å². The van der Waals surface area contributed by atoms with Gasteiger partial charge in [-0.25, -0.2) is 0 Å². The van der Waals surface area contributed by atoms with Crippen molar-refractivity contribution in [1.29, 1.82) is 0 Å². The van der Waals surface area contributed by atoms with E-state index in [4.69, 9.17) is 5.73 Å². The van der Waals surface area contributed by atoms with Crippen molar-refractivity contribution in [2.75, 3.05) is 5.75 Å². The third-order valence-electron chi connectivity index (χ3n) is 2.20. The Morgan fingerprint density at radius 1 is 1.67 bits per heavy atom. The summed E-state index contributed by atoms with van der Waals surface area (Å²) in [7, 11) is 0. The predicted octanol–water partition coefficient (Wildman–Crippen LogP) is 1.67. The maximum Gasteiger partial charge on any atom is 0.252 e. The molecule has 94 valence electrons. The quantitative estimate of drug-likeness (QED) is 0.587. The van der Waals surface area contributed by atoms with E-state index in [0.29, 0.717) is 20.2 Å². The van der Waals surface area contributed by atoms with Gasteiger partial charge in [0.2, 0.25) is 0 Å². The van der Waals surface area contributed by atoms with Crippen LogP contribution in [0.15, 0.2) is 27.7 Å². The minimum atomic E-state index is -0.630. The van der Waals surface area contributed by atoms with Gasteiger partial charge < -0.3 is 15.8 Å². The van der Waals surface area contributed by atoms with E-state index in [1.807, 2.05) is 0 Å². The molecule has 0 aliphatic heterocycles. The second-order valence-corrected chi connectivity index (χ2v) is 5.76. The van der Waals surface area contributed by atoms with Crippen LogP contribution in [0.2, 0.25) is 0 Å². The average molecular weight is 282 g/mol. The van der Waals surface area contributed by atoms with Crippen LogP contribution in [0.1, 0.15) is 10.4 Å². The lowest BCUT2D eigenvalue weighted by Crippen LogP contribution is -2.13. The topological polar surface area (TPSA) is 96.2 Å². The SMILES string of the molecule is C=CCSc1sc2c(O)cc(=O)[nH]c2c1C(N)=O. The highest BCUT2D eigenvalue weighted by Gasteiger charge is 2.20. The number of nitrogens with two attached hydrogens (primary N) is 1. The van der Waals surface area contributed by atoms with E-state index < -0.39 is 11.5 Å². The first-order valence-corrected chi connectivity index (χ1v) is 6.77. The Hall–Kier alpha value is -1.73. The number of aromatic amines is 1. The number of aromatic hydroxyl groups is 1. The second kappa shape index (κ2) is 4.87. The fourth-order valence-electron chi connectivity index (χ4n) is 1.52. The number of H-pyrrole nitrogens is 1. The minimum Gasteiger partial charge on any atom is -0.506 e. The number of pyridine rings is 1. The van der Waals surface area contributed by atoms with Crippen molar-refractivity contribution >= 4 is 39.2 Å². The van der Waals surface area contributed by atoms with Crippen molar-refractivity contribution in [3.63, 3.8) is 0 Å². The molecule has 0 aromatic carbocycles. The normalized spacial score (nSPS) is 10.7. The summed E-state index contributed by atoms with van der Waals surface area (Å²) in [5, 5.41) is 9.71. The molecule has 2 aromatic heterocycles. The number of aromatic nitrogens is 1. The van der Waals surface area contributed by atoms with Gasteiger partial charge in [-0.15, -0.1) is 29.7 Å². The molecule has 7 heteroatoms. The number of hydrogen-bond acceptors (Lipinski definition) is 5. The lowest BCUT2D eigenvalue weighted by molar-refractivity contribution is 0.0999. The monoisotopic (exact) mass is 282 g/mol. The molecule has 0 atom stereocenters. The summed E-state index contributed by atoms with van der Waals surface area (Å²) < 4.78 is 1.12. The van der Waals surface area contributed by atoms with Gasteiger partial charge in [-0.2, -0.15) is 0 Å². The Morgan fingerprint density at radius 3 is 3.00 bits per heavy atom. The lowest BCUT2D eigenvalue weighted by Gasteiger charge is -1.98. The van der Waals surface area contributed by atoms with E-state index in [9.17, 15) is 14.7 Å². The highest BCUT2D eigenvalue weighted by Crippen LogP contribution is 2.39. The lowest BCUT2D eigenvalue weighted by atomic mass is 10.2. The number of thiophene rings is 1. The number of nitrogens with one attached hydrogen (secondary N) is 1. The molecule has 0 radical (unpaired) electrons. The van der Waals surface area contributed by atoms with E-state index in [1.165, 1.54) is 23.1 Å². The molecule has 2 rings (SSSR count). The molecular weight excluding hydrogens is 272 g/mol. The van der Waals surface area contributed by atoms with E-state index in [2.05, 4.69) is 11.6 Å². The first-order chi connectivity index (χ1) is 8.54. The molecule has 2 aromatic rings. The molecule has 0 spiro atoms. The van der Waals surface area contributed by atoms with E-state index in [1.54, 1.807) is 6.08 Å². The van der Waals surface area contributed by atoms with Gasteiger partial charge in [-0.3, -0.25) is 9.59 Å². The third-order valence-corrected chi connectivity index (χ3v) is 4.68. The summed E-state index contributed by atoms with van der Waals surface area (Å²) in [6.07, 6.45) is 1.70. The van der Waals surface area contributed by atoms with Crippen LogP contribution in [0.4, 0.5) is 0 Å². The van der Waals surface area contributed by atoms with Crippen LogP contribution in [-0.2, 0) is 0 Å². The van der Waals surface area contributed by atoms with E-state index >= 15 is 0 Å². The van der Waals surface area contributed by atoms with E-state index in [0.717, 1.165) is 6.07 Å². The van der Waals surface area contributed by atoms with Gasteiger partial charge in [-0.05, 0) is 0 Å². The van der Waals surface area contributed by atoms with Gasteiger partial charge in [0.1, 0.15) is 5.75 Å². The largest absolute Gasteiger partial charge is 0.506 e. The Bertz CT molecular complexity index is 687. The molecular formula is C11H10N2O3S2. The van der Waals surface area contributed by atoms with Crippen LogP contribution >= 0.6 is 23.1 Å².